The van der Waals surface area contributed by atoms with E-state index in [1.54, 1.807) is 12.1 Å². The molecule has 0 radical (unpaired) electrons. The molecule has 0 N–H and O–H groups in total. The zero-order chi connectivity index (χ0) is 26.0. The Balaban J connectivity index is 1.25. The fourth-order valence-corrected chi connectivity index (χ4v) is 5.33. The second-order valence-corrected chi connectivity index (χ2v) is 10.3. The van der Waals surface area contributed by atoms with Crippen molar-refractivity contribution in [2.45, 2.75) is 38.8 Å². The maximum absolute atomic E-state index is 14.0. The number of hydrogen-bond donors (Lipinski definition) is 0. The fourth-order valence-electron chi connectivity index (χ4n) is 5.33. The lowest BCUT2D eigenvalue weighted by Gasteiger charge is -2.26. The molecule has 202 valence electrons. The Morgan fingerprint density at radius 2 is 1.66 bits per heavy atom. The third-order valence-electron chi connectivity index (χ3n) is 7.28. The topological polar surface area (TPSA) is 34.2 Å². The Bertz CT molecular complexity index is 1160. The molecule has 3 aromatic rings. The normalized spacial score (nSPS) is 17.7. The fraction of sp³-hybridized carbons (Fsp3) is 0.438. The highest BCUT2D eigenvalue weighted by Gasteiger charge is 2.13. The molecule has 0 aromatic heterocycles. The van der Waals surface area contributed by atoms with E-state index in [4.69, 9.17) is 14.2 Å². The zero-order valence-corrected chi connectivity index (χ0v) is 22.2. The largest absolute Gasteiger partial charge is 0.492 e. The summed E-state index contributed by atoms with van der Waals surface area (Å²) in [5, 5.41) is 0. The van der Waals surface area contributed by atoms with Gasteiger partial charge in [-0.25, -0.2) is 4.39 Å². The van der Waals surface area contributed by atoms with Crippen LogP contribution in [-0.2, 0) is 24.2 Å². The summed E-state index contributed by atoms with van der Waals surface area (Å²) in [6, 6.07) is 21.8. The van der Waals surface area contributed by atoms with Gasteiger partial charge >= 0.3 is 0 Å². The number of likely N-dealkylation sites (tertiary alicyclic amines) is 1. The lowest BCUT2D eigenvalue weighted by Crippen LogP contribution is -2.33. The van der Waals surface area contributed by atoms with Gasteiger partial charge in [0.1, 0.15) is 30.5 Å². The standard InChI is InChI=1S/C32H39FN2O3/c33-30-10-11-32-29(23-30)21-26-6-4-7-27(20-26)24-35(14-16-36-18-19-38-32)25-28-8-5-9-31(22-28)37-17-15-34-12-2-1-3-13-34/h4-11,20,22-23H,1-3,12-19,21,24-25H2. The lowest BCUT2D eigenvalue weighted by molar-refractivity contribution is 0.0757. The molecule has 0 aliphatic carbocycles. The monoisotopic (exact) mass is 518 g/mol. The maximum Gasteiger partial charge on any atom is 0.123 e. The van der Waals surface area contributed by atoms with Gasteiger partial charge in [-0.1, -0.05) is 42.8 Å². The smallest absolute Gasteiger partial charge is 0.123 e. The summed E-state index contributed by atoms with van der Waals surface area (Å²) in [7, 11) is 0. The lowest BCUT2D eigenvalue weighted by atomic mass is 10.0. The molecule has 0 spiro atoms. The third-order valence-corrected chi connectivity index (χ3v) is 7.28. The Labute approximate surface area is 226 Å². The van der Waals surface area contributed by atoms with Crippen molar-refractivity contribution in [2.75, 3.05) is 52.6 Å². The van der Waals surface area contributed by atoms with Crippen LogP contribution in [0, 0.1) is 5.82 Å². The van der Waals surface area contributed by atoms with E-state index in [2.05, 4.69) is 58.3 Å². The minimum Gasteiger partial charge on any atom is -0.492 e. The van der Waals surface area contributed by atoms with Crippen molar-refractivity contribution in [3.63, 3.8) is 0 Å². The number of piperidine rings is 1. The van der Waals surface area contributed by atoms with Gasteiger partial charge in [0, 0.05) is 38.2 Å². The second kappa shape index (κ2) is 13.7. The van der Waals surface area contributed by atoms with Crippen LogP contribution in [0.2, 0.25) is 0 Å². The molecule has 1 saturated heterocycles. The van der Waals surface area contributed by atoms with E-state index in [0.29, 0.717) is 26.2 Å². The molecule has 0 unspecified atom stereocenters. The molecule has 0 saturated carbocycles. The quantitative estimate of drug-likeness (QED) is 0.419. The van der Waals surface area contributed by atoms with E-state index >= 15 is 0 Å². The second-order valence-electron chi connectivity index (χ2n) is 10.3. The average Bonchev–Trinajstić information content (AvgIpc) is 2.92. The molecule has 6 heteroatoms. The van der Waals surface area contributed by atoms with Gasteiger partial charge in [0.15, 0.2) is 0 Å². The zero-order valence-electron chi connectivity index (χ0n) is 22.2. The highest BCUT2D eigenvalue weighted by atomic mass is 19.1. The molecule has 2 aliphatic rings. The molecule has 2 aliphatic heterocycles. The van der Waals surface area contributed by atoms with Crippen LogP contribution in [0.25, 0.3) is 0 Å². The van der Waals surface area contributed by atoms with E-state index in [1.807, 2.05) is 0 Å². The van der Waals surface area contributed by atoms with Crippen LogP contribution in [0.3, 0.4) is 0 Å². The molecule has 38 heavy (non-hydrogen) atoms. The van der Waals surface area contributed by atoms with Crippen LogP contribution >= 0.6 is 0 Å². The molecule has 3 aromatic carbocycles. The number of fused-ring (bicyclic) bond motifs is 3. The van der Waals surface area contributed by atoms with Crippen molar-refractivity contribution in [3.05, 3.63) is 94.8 Å². The van der Waals surface area contributed by atoms with Crippen molar-refractivity contribution in [2.24, 2.45) is 0 Å². The number of halogens is 1. The van der Waals surface area contributed by atoms with Gasteiger partial charge in [-0.3, -0.25) is 9.80 Å². The van der Waals surface area contributed by atoms with E-state index in [9.17, 15) is 4.39 Å². The molecule has 0 atom stereocenters. The summed E-state index contributed by atoms with van der Waals surface area (Å²) in [6.07, 6.45) is 4.58. The minimum atomic E-state index is -0.246. The summed E-state index contributed by atoms with van der Waals surface area (Å²) in [5.41, 5.74) is 4.46. The number of benzene rings is 3. The van der Waals surface area contributed by atoms with Crippen LogP contribution in [0.5, 0.6) is 11.5 Å². The summed E-state index contributed by atoms with van der Waals surface area (Å²) < 4.78 is 32.0. The summed E-state index contributed by atoms with van der Waals surface area (Å²) in [4.78, 5) is 4.91. The Morgan fingerprint density at radius 3 is 2.58 bits per heavy atom. The predicted octanol–water partition coefficient (Wildman–Crippen LogP) is 5.69. The van der Waals surface area contributed by atoms with Gasteiger partial charge in [0.05, 0.1) is 13.2 Å². The van der Waals surface area contributed by atoms with Crippen molar-refractivity contribution >= 4 is 0 Å². The van der Waals surface area contributed by atoms with Crippen LogP contribution in [0.1, 0.15) is 41.5 Å². The first-order valence-corrected chi connectivity index (χ1v) is 13.9. The molecular formula is C32H39FN2O3. The SMILES string of the molecule is Fc1ccc2c(c1)Cc1cccc(c1)CN(Cc1cccc(OCCN3CCCCC3)c1)CCOCCO2. The van der Waals surface area contributed by atoms with Crippen molar-refractivity contribution in [3.8, 4) is 11.5 Å². The molecular weight excluding hydrogens is 479 g/mol. The number of ether oxygens (including phenoxy) is 3. The summed E-state index contributed by atoms with van der Waals surface area (Å²) in [6.45, 7) is 8.08. The number of rotatable bonds is 6. The average molecular weight is 519 g/mol. The van der Waals surface area contributed by atoms with Crippen molar-refractivity contribution < 1.29 is 18.6 Å². The molecule has 0 amide bonds. The Kier molecular flexibility index (Phi) is 9.64. The van der Waals surface area contributed by atoms with Gasteiger partial charge in [0.2, 0.25) is 0 Å². The number of hydrogen-bond acceptors (Lipinski definition) is 5. The molecule has 5 rings (SSSR count). The van der Waals surface area contributed by atoms with Crippen LogP contribution < -0.4 is 9.47 Å². The third kappa shape index (κ3) is 8.03. The molecule has 1 fully saturated rings. The predicted molar refractivity (Wildman–Crippen MR) is 148 cm³/mol. The first-order chi connectivity index (χ1) is 18.7. The molecule has 2 heterocycles. The maximum atomic E-state index is 14.0. The van der Waals surface area contributed by atoms with Crippen molar-refractivity contribution in [1.29, 1.82) is 0 Å². The van der Waals surface area contributed by atoms with E-state index in [1.165, 1.54) is 49.5 Å². The van der Waals surface area contributed by atoms with Crippen molar-refractivity contribution in [1.82, 2.24) is 9.80 Å². The van der Waals surface area contributed by atoms with E-state index in [-0.39, 0.29) is 5.82 Å². The Morgan fingerprint density at radius 1 is 0.789 bits per heavy atom. The van der Waals surface area contributed by atoms with Gasteiger partial charge in [0.25, 0.3) is 0 Å². The van der Waals surface area contributed by atoms with E-state index in [0.717, 1.165) is 55.4 Å². The van der Waals surface area contributed by atoms with Gasteiger partial charge in [-0.05, 0) is 73.0 Å². The van der Waals surface area contributed by atoms with Crippen LogP contribution in [0.15, 0.2) is 66.7 Å². The minimum absolute atomic E-state index is 0.246. The molecule has 5 nitrogen and oxygen atoms in total. The summed E-state index contributed by atoms with van der Waals surface area (Å²) >= 11 is 0. The highest BCUT2D eigenvalue weighted by molar-refractivity contribution is 5.39. The molecule has 2 bridgehead atoms. The first-order valence-electron chi connectivity index (χ1n) is 13.9. The highest BCUT2D eigenvalue weighted by Crippen LogP contribution is 2.24. The number of nitrogens with zero attached hydrogens (tertiary/aromatic N) is 2. The van der Waals surface area contributed by atoms with E-state index < -0.39 is 0 Å². The summed E-state index contributed by atoms with van der Waals surface area (Å²) in [5.74, 6) is 1.41. The van der Waals surface area contributed by atoms with Gasteiger partial charge in [-0.2, -0.15) is 0 Å². The first kappa shape index (κ1) is 26.7. The van der Waals surface area contributed by atoms with Gasteiger partial charge < -0.3 is 14.2 Å². The van der Waals surface area contributed by atoms with Crippen LogP contribution in [-0.4, -0.2) is 62.4 Å². The van der Waals surface area contributed by atoms with Gasteiger partial charge in [-0.15, -0.1) is 0 Å². The van der Waals surface area contributed by atoms with Crippen LogP contribution in [0.4, 0.5) is 4.39 Å². The Hall–Kier alpha value is -2.93.